The van der Waals surface area contributed by atoms with Gasteiger partial charge in [0.25, 0.3) is 5.91 Å². The van der Waals surface area contributed by atoms with Crippen LogP contribution < -0.4 is 16.0 Å². The summed E-state index contributed by atoms with van der Waals surface area (Å²) in [5.41, 5.74) is 8.01. The van der Waals surface area contributed by atoms with Gasteiger partial charge in [-0.25, -0.2) is 4.79 Å². The first-order chi connectivity index (χ1) is 23.4. The fraction of sp³-hybridized carbons (Fsp3) is 0.514. The van der Waals surface area contributed by atoms with Crippen molar-refractivity contribution in [1.29, 1.82) is 0 Å². The van der Waals surface area contributed by atoms with E-state index < -0.39 is 23.0 Å². The second-order valence-corrected chi connectivity index (χ2v) is 15.2. The first-order valence-corrected chi connectivity index (χ1v) is 17.3. The molecular weight excluding hydrogens is 624 g/mol. The summed E-state index contributed by atoms with van der Waals surface area (Å²) in [7, 11) is 0. The molecule has 1 saturated carbocycles. The smallest absolute Gasteiger partial charge is 0.410 e. The Kier molecular flexibility index (Phi) is 8.23. The molecule has 3 N–H and O–H groups in total. The molecule has 12 nitrogen and oxygen atoms in total. The Bertz CT molecular complexity index is 1800. The minimum atomic E-state index is -0.736. The highest BCUT2D eigenvalue weighted by Gasteiger charge is 2.57. The Balaban J connectivity index is 0.983. The average molecular weight is 669 g/mol. The predicted molar refractivity (Wildman–Crippen MR) is 184 cm³/mol. The lowest BCUT2D eigenvalue weighted by molar-refractivity contribution is -0.161. The molecule has 49 heavy (non-hydrogen) atoms. The van der Waals surface area contributed by atoms with Crippen molar-refractivity contribution in [2.24, 2.45) is 22.1 Å². The molecule has 4 saturated heterocycles. The van der Waals surface area contributed by atoms with Gasteiger partial charge in [0.1, 0.15) is 11.6 Å². The Morgan fingerprint density at radius 1 is 1.06 bits per heavy atom. The molecule has 8 rings (SSSR count). The van der Waals surface area contributed by atoms with Crippen LogP contribution >= 0.6 is 0 Å². The maximum Gasteiger partial charge on any atom is 0.410 e. The molecule has 2 aromatic rings. The van der Waals surface area contributed by atoms with Crippen molar-refractivity contribution in [2.45, 2.75) is 83.4 Å². The molecule has 0 spiro atoms. The number of ether oxygens (including phenoxy) is 1. The lowest BCUT2D eigenvalue weighted by Crippen LogP contribution is -2.64. The molecule has 0 radical (unpaired) electrons. The zero-order valence-corrected chi connectivity index (χ0v) is 28.4. The maximum atomic E-state index is 13.7. The van der Waals surface area contributed by atoms with E-state index in [1.54, 1.807) is 17.2 Å². The van der Waals surface area contributed by atoms with Crippen molar-refractivity contribution >= 4 is 52.4 Å². The van der Waals surface area contributed by atoms with Crippen LogP contribution in [0, 0.1) is 11.3 Å². The largest absolute Gasteiger partial charge is 0.444 e. The van der Waals surface area contributed by atoms with E-state index in [-0.39, 0.29) is 42.7 Å². The van der Waals surface area contributed by atoms with Gasteiger partial charge < -0.3 is 20.3 Å². The summed E-state index contributed by atoms with van der Waals surface area (Å²) in [4.78, 5) is 74.4. The minimum absolute atomic E-state index is 0.0581. The topological polar surface area (TPSA) is 155 Å². The molecule has 0 aromatic heterocycles. The first-order valence-electron chi connectivity index (χ1n) is 17.3. The molecule has 1 atom stereocenters. The molecule has 2 bridgehead atoms. The number of anilines is 1. The van der Waals surface area contributed by atoms with Crippen LogP contribution in [-0.4, -0.2) is 89.6 Å². The molecule has 258 valence electrons. The normalized spacial score (nSPS) is 26.0. The maximum absolute atomic E-state index is 13.7. The Morgan fingerprint density at radius 3 is 2.51 bits per heavy atom. The average Bonchev–Trinajstić information content (AvgIpc) is 3.34. The van der Waals surface area contributed by atoms with Crippen LogP contribution in [0.3, 0.4) is 0 Å². The number of carbonyl (C=O) groups is 5. The van der Waals surface area contributed by atoms with E-state index in [0.717, 1.165) is 47.6 Å². The second kappa shape index (κ2) is 12.3. The molecule has 2 aromatic carbocycles. The number of rotatable bonds is 6. The number of nitrogens with one attached hydrogen (secondary N) is 1. The Morgan fingerprint density at radius 2 is 1.82 bits per heavy atom. The number of imide groups is 1. The van der Waals surface area contributed by atoms with E-state index >= 15 is 0 Å². The third kappa shape index (κ3) is 6.06. The summed E-state index contributed by atoms with van der Waals surface area (Å²) in [6, 6.07) is 8.74. The van der Waals surface area contributed by atoms with Gasteiger partial charge in [0.2, 0.25) is 17.7 Å². The molecule has 12 heteroatoms. The third-order valence-corrected chi connectivity index (χ3v) is 10.6. The lowest BCUT2D eigenvalue weighted by Gasteiger charge is -2.56. The number of benzene rings is 2. The molecule has 5 aliphatic heterocycles. The number of piperidine rings is 4. The SMILES string of the molecule is CC(C)(C)OC(=O)N1CC2CC(C(=O)N3CCC(N=C/C(=C\N)Cc4ccc5c6c(cccc46)C(=O)N5C4CCC(=O)NC4=O)CC3)(C2)C1. The van der Waals surface area contributed by atoms with E-state index in [9.17, 15) is 24.0 Å². The number of carbonyl (C=O) groups excluding carboxylic acids is 5. The van der Waals surface area contributed by atoms with Gasteiger partial charge in [-0.3, -0.25) is 34.4 Å². The van der Waals surface area contributed by atoms with E-state index in [1.165, 1.54) is 4.90 Å². The number of amides is 5. The second-order valence-electron chi connectivity index (χ2n) is 15.2. The predicted octanol–water partition coefficient (Wildman–Crippen LogP) is 3.70. The van der Waals surface area contributed by atoms with Gasteiger partial charge in [0, 0.05) is 56.2 Å². The highest BCUT2D eigenvalue weighted by molar-refractivity contribution is 6.27. The summed E-state index contributed by atoms with van der Waals surface area (Å²) < 4.78 is 5.59. The molecule has 5 heterocycles. The van der Waals surface area contributed by atoms with Crippen LogP contribution in [0.2, 0.25) is 0 Å². The van der Waals surface area contributed by atoms with Gasteiger partial charge in [0.15, 0.2) is 0 Å². The number of allylic oxidation sites excluding steroid dienone is 1. The van der Waals surface area contributed by atoms with E-state index in [2.05, 4.69) is 5.32 Å². The fourth-order valence-electron chi connectivity index (χ4n) is 8.33. The first kappa shape index (κ1) is 32.8. The van der Waals surface area contributed by atoms with Crippen molar-refractivity contribution in [3.05, 3.63) is 53.2 Å². The molecule has 5 amide bonds. The summed E-state index contributed by atoms with van der Waals surface area (Å²) >= 11 is 0. The number of fused-ring (bicyclic) bond motifs is 2. The van der Waals surface area contributed by atoms with Gasteiger partial charge in [0.05, 0.1) is 17.1 Å². The summed E-state index contributed by atoms with van der Waals surface area (Å²) in [5.74, 6) is -0.532. The molecule has 5 fully saturated rings. The van der Waals surface area contributed by atoms with Crippen molar-refractivity contribution in [1.82, 2.24) is 15.1 Å². The highest BCUT2D eigenvalue weighted by atomic mass is 16.6. The van der Waals surface area contributed by atoms with Crippen molar-refractivity contribution < 1.29 is 28.7 Å². The van der Waals surface area contributed by atoms with E-state index in [0.29, 0.717) is 49.8 Å². The minimum Gasteiger partial charge on any atom is -0.444 e. The number of nitrogens with zero attached hydrogens (tertiary/aromatic N) is 4. The van der Waals surface area contributed by atoms with Gasteiger partial charge in [-0.15, -0.1) is 0 Å². The van der Waals surface area contributed by atoms with Crippen LogP contribution in [0.4, 0.5) is 10.5 Å². The number of aliphatic imine (C=N–C) groups is 1. The fourth-order valence-corrected chi connectivity index (χ4v) is 8.33. The van der Waals surface area contributed by atoms with Crippen molar-refractivity contribution in [2.75, 3.05) is 31.1 Å². The van der Waals surface area contributed by atoms with Crippen molar-refractivity contribution in [3.63, 3.8) is 0 Å². The van der Waals surface area contributed by atoms with Crippen molar-refractivity contribution in [3.8, 4) is 0 Å². The standard InChI is InChI=1S/C37H44N6O6/c1-36(2,3)49-35(48)42-20-23-16-37(17-23,21-42)34(47)41-13-11-25(12-14-41)39-19-22(18-38)15-24-7-8-28-31-26(24)5-4-6-27(31)33(46)43(28)29-9-10-30(44)40-32(29)45/h4-8,18-19,23,25,29H,9-17,20-21,38H2,1-3H3,(H,40,44,45)/b22-18-,39-19?. The zero-order valence-electron chi connectivity index (χ0n) is 28.4. The Hall–Kier alpha value is -4.74. The molecule has 6 aliphatic rings. The Labute approximate surface area is 285 Å². The van der Waals surface area contributed by atoms with Crippen LogP contribution in [0.1, 0.15) is 75.2 Å². The quantitative estimate of drug-likeness (QED) is 0.352. The number of hydrogen-bond donors (Lipinski definition) is 2. The molecule has 1 unspecified atom stereocenters. The van der Waals surface area contributed by atoms with Crippen LogP contribution in [0.25, 0.3) is 10.8 Å². The lowest BCUT2D eigenvalue weighted by atomic mass is 9.58. The van der Waals surface area contributed by atoms with Gasteiger partial charge in [-0.05, 0) is 93.6 Å². The summed E-state index contributed by atoms with van der Waals surface area (Å²) in [6.07, 6.45) is 7.15. The summed E-state index contributed by atoms with van der Waals surface area (Å²) in [5, 5.41) is 4.07. The van der Waals surface area contributed by atoms with Gasteiger partial charge in [-0.1, -0.05) is 18.2 Å². The zero-order chi connectivity index (χ0) is 34.7. The van der Waals surface area contributed by atoms with E-state index in [4.69, 9.17) is 15.5 Å². The van der Waals surface area contributed by atoms with E-state index in [1.807, 2.05) is 56.2 Å². The highest BCUT2D eigenvalue weighted by Crippen LogP contribution is 2.52. The van der Waals surface area contributed by atoms with Crippen LogP contribution in [0.15, 0.2) is 47.1 Å². The molecule has 1 aliphatic carbocycles. The number of nitrogens with two attached hydrogens (primary N) is 1. The number of hydrogen-bond acceptors (Lipinski definition) is 8. The van der Waals surface area contributed by atoms with Crippen LogP contribution in [-0.2, 0) is 25.5 Å². The van der Waals surface area contributed by atoms with Gasteiger partial charge >= 0.3 is 6.09 Å². The summed E-state index contributed by atoms with van der Waals surface area (Å²) in [6.45, 7) is 7.87. The number of likely N-dealkylation sites (tertiary alicyclic amines) is 1. The molecular formula is C37H44N6O6. The monoisotopic (exact) mass is 668 g/mol. The van der Waals surface area contributed by atoms with Gasteiger partial charge in [-0.2, -0.15) is 0 Å². The van der Waals surface area contributed by atoms with Crippen LogP contribution in [0.5, 0.6) is 0 Å². The third-order valence-electron chi connectivity index (χ3n) is 10.6.